The van der Waals surface area contributed by atoms with E-state index in [1.54, 1.807) is 6.92 Å². The molecular weight excluding hydrogens is 435 g/mol. The quantitative estimate of drug-likeness (QED) is 0.389. The number of thiazole rings is 1. The van der Waals surface area contributed by atoms with Gasteiger partial charge in [0.2, 0.25) is 0 Å². The normalized spacial score (nSPS) is 12.4. The number of pyridine rings is 1. The molecule has 0 fully saturated rings. The summed E-state index contributed by atoms with van der Waals surface area (Å²) in [7, 11) is 0. The van der Waals surface area contributed by atoms with Gasteiger partial charge in [0.25, 0.3) is 5.91 Å². The van der Waals surface area contributed by atoms with Gasteiger partial charge in [-0.3, -0.25) is 4.79 Å². The molecule has 2 rings (SSSR count). The molecule has 0 radical (unpaired) electrons. The highest BCUT2D eigenvalue weighted by Crippen LogP contribution is 2.30. The Morgan fingerprint density at radius 2 is 2.10 bits per heavy atom. The third-order valence-corrected chi connectivity index (χ3v) is 5.40. The van der Waals surface area contributed by atoms with E-state index in [4.69, 9.17) is 16.3 Å². The van der Waals surface area contributed by atoms with Crippen LogP contribution < -0.4 is 10.6 Å². The third kappa shape index (κ3) is 6.10. The number of carbonyl (C=O) groups is 2. The maximum Gasteiger partial charge on any atom is 0.352 e. The Bertz CT molecular complexity index is 916. The van der Waals surface area contributed by atoms with Gasteiger partial charge in [0, 0.05) is 6.20 Å². The van der Waals surface area contributed by atoms with Crippen LogP contribution in [0.15, 0.2) is 12.3 Å². The molecule has 1 amide bonds. The van der Waals surface area contributed by atoms with E-state index in [1.807, 2.05) is 6.92 Å². The van der Waals surface area contributed by atoms with Gasteiger partial charge in [-0.25, -0.2) is 19.2 Å². The molecule has 0 unspecified atom stereocenters. The van der Waals surface area contributed by atoms with Crippen molar-refractivity contribution in [3.05, 3.63) is 32.9 Å². The molecule has 2 heterocycles. The van der Waals surface area contributed by atoms with Gasteiger partial charge in [-0.15, -0.1) is 11.3 Å². The van der Waals surface area contributed by atoms with Gasteiger partial charge in [0.1, 0.15) is 11.3 Å². The fraction of sp³-hybridized carbons (Fsp3) is 0.474. The summed E-state index contributed by atoms with van der Waals surface area (Å²) >= 11 is 7.16. The number of aryl methyl sites for hydroxylation is 1. The maximum absolute atomic E-state index is 14.0. The number of ether oxygens (including phenoxy) is 1. The minimum absolute atomic E-state index is 0.0724. The molecule has 0 aliphatic rings. The highest BCUT2D eigenvalue weighted by molar-refractivity contribution is 7.14. The van der Waals surface area contributed by atoms with Crippen molar-refractivity contribution >= 4 is 46.3 Å². The van der Waals surface area contributed by atoms with Crippen LogP contribution in [0.25, 0.3) is 0 Å². The van der Waals surface area contributed by atoms with E-state index >= 15 is 0 Å². The molecule has 0 saturated heterocycles. The fourth-order valence-corrected chi connectivity index (χ4v) is 3.31. The maximum atomic E-state index is 14.0. The highest BCUT2D eigenvalue weighted by atomic mass is 35.5. The predicted molar refractivity (Wildman–Crippen MR) is 114 cm³/mol. The van der Waals surface area contributed by atoms with E-state index in [1.165, 1.54) is 37.4 Å². The van der Waals surface area contributed by atoms with Crippen LogP contribution in [0.4, 0.5) is 15.9 Å². The Hall–Kier alpha value is -2.30. The summed E-state index contributed by atoms with van der Waals surface area (Å²) in [6.07, 6.45) is 0.172. The van der Waals surface area contributed by atoms with Crippen LogP contribution in [0.5, 0.6) is 0 Å². The molecule has 0 saturated carbocycles. The lowest BCUT2D eigenvalue weighted by molar-refractivity contribution is -0.00178. The number of esters is 1. The molecule has 0 aliphatic heterocycles. The van der Waals surface area contributed by atoms with Crippen LogP contribution in [-0.2, 0) is 11.2 Å². The van der Waals surface area contributed by atoms with Crippen molar-refractivity contribution < 1.29 is 23.8 Å². The number of hydrogen-bond acceptors (Lipinski definition) is 8. The molecule has 0 aromatic carbocycles. The summed E-state index contributed by atoms with van der Waals surface area (Å²) in [5, 5.41) is 15.9. The molecule has 0 bridgehead atoms. The highest BCUT2D eigenvalue weighted by Gasteiger charge is 2.27. The molecule has 30 heavy (non-hydrogen) atoms. The Labute approximate surface area is 182 Å². The summed E-state index contributed by atoms with van der Waals surface area (Å²) in [6, 6.07) is 1.40. The number of nitrogens with one attached hydrogen (secondary N) is 2. The summed E-state index contributed by atoms with van der Waals surface area (Å²) in [5.41, 5.74) is -1.29. The van der Waals surface area contributed by atoms with Gasteiger partial charge >= 0.3 is 5.97 Å². The van der Waals surface area contributed by atoms with Crippen LogP contribution >= 0.6 is 22.9 Å². The van der Waals surface area contributed by atoms with Crippen LogP contribution in [-0.4, -0.2) is 51.9 Å². The average Bonchev–Trinajstić information content (AvgIpc) is 3.08. The molecular formula is C19H24ClFN4O4S. The average molecular weight is 459 g/mol. The van der Waals surface area contributed by atoms with Gasteiger partial charge in [-0.1, -0.05) is 18.5 Å². The molecule has 164 valence electrons. The fourth-order valence-electron chi connectivity index (χ4n) is 2.30. The number of amides is 1. The Balaban J connectivity index is 2.31. The van der Waals surface area contributed by atoms with Gasteiger partial charge < -0.3 is 20.5 Å². The molecule has 0 aliphatic carbocycles. The van der Waals surface area contributed by atoms with E-state index in [-0.39, 0.29) is 33.7 Å². The second-order valence-corrected chi connectivity index (χ2v) is 8.34. The first-order valence-electron chi connectivity index (χ1n) is 9.30. The van der Waals surface area contributed by atoms with Crippen LogP contribution in [0, 0.1) is 0 Å². The largest absolute Gasteiger partial charge is 0.462 e. The summed E-state index contributed by atoms with van der Waals surface area (Å²) < 4.78 is 19.0. The van der Waals surface area contributed by atoms with Crippen LogP contribution in [0.2, 0.25) is 5.15 Å². The monoisotopic (exact) mass is 458 g/mol. The number of carbonyl (C=O) groups excluding carboxylic acids is 2. The molecule has 1 atom stereocenters. The first kappa shape index (κ1) is 24.0. The first-order valence-corrected chi connectivity index (χ1v) is 10.5. The van der Waals surface area contributed by atoms with E-state index < -0.39 is 30.2 Å². The van der Waals surface area contributed by atoms with E-state index in [2.05, 4.69) is 20.6 Å². The van der Waals surface area contributed by atoms with E-state index in [0.717, 1.165) is 0 Å². The van der Waals surface area contributed by atoms with Crippen molar-refractivity contribution in [1.82, 2.24) is 15.3 Å². The Morgan fingerprint density at radius 3 is 2.70 bits per heavy atom. The van der Waals surface area contributed by atoms with Crippen molar-refractivity contribution in [2.24, 2.45) is 0 Å². The standard InChI is InChI=1S/C19H24ClFN4O4S/c1-5-14-25-16(15(30-14)18(27)29-6-2)24-11-7-13(20)22-8-10(11)17(26)23-9-12(21)19(3,4)28/h7-8,12,28H,5-6,9H2,1-4H3,(H,22,24)(H,23,26)/t12-/m1/s1. The van der Waals surface area contributed by atoms with Crippen LogP contribution in [0.1, 0.15) is 52.7 Å². The van der Waals surface area contributed by atoms with Crippen molar-refractivity contribution in [3.8, 4) is 0 Å². The summed E-state index contributed by atoms with van der Waals surface area (Å²) in [4.78, 5) is 33.4. The minimum Gasteiger partial charge on any atom is -0.462 e. The number of alkyl halides is 1. The lowest BCUT2D eigenvalue weighted by Gasteiger charge is -2.22. The second-order valence-electron chi connectivity index (χ2n) is 6.87. The van der Waals surface area contributed by atoms with Crippen molar-refractivity contribution in [1.29, 1.82) is 0 Å². The van der Waals surface area contributed by atoms with Gasteiger partial charge in [-0.2, -0.15) is 0 Å². The summed E-state index contributed by atoms with van der Waals surface area (Å²) in [5.74, 6) is -0.933. The van der Waals surface area contributed by atoms with Gasteiger partial charge in [0.05, 0.1) is 35.0 Å². The third-order valence-electron chi connectivity index (χ3n) is 4.01. The van der Waals surface area contributed by atoms with Crippen molar-refractivity contribution in [2.45, 2.75) is 45.9 Å². The van der Waals surface area contributed by atoms with E-state index in [0.29, 0.717) is 11.4 Å². The zero-order valence-electron chi connectivity index (χ0n) is 17.1. The molecule has 2 aromatic rings. The zero-order valence-corrected chi connectivity index (χ0v) is 18.7. The van der Waals surface area contributed by atoms with Crippen molar-refractivity contribution in [2.75, 3.05) is 18.5 Å². The molecule has 11 heteroatoms. The number of halogens is 2. The molecule has 8 nitrogen and oxygen atoms in total. The number of anilines is 2. The number of hydrogen-bond donors (Lipinski definition) is 3. The topological polar surface area (TPSA) is 113 Å². The lowest BCUT2D eigenvalue weighted by atomic mass is 10.0. The number of aliphatic hydroxyl groups is 1. The zero-order chi connectivity index (χ0) is 22.5. The lowest BCUT2D eigenvalue weighted by Crippen LogP contribution is -2.42. The predicted octanol–water partition coefficient (Wildman–Crippen LogP) is 3.51. The first-order chi connectivity index (χ1) is 14.1. The smallest absolute Gasteiger partial charge is 0.352 e. The van der Waals surface area contributed by atoms with Gasteiger partial charge in [0.15, 0.2) is 10.7 Å². The number of rotatable bonds is 9. The SMILES string of the molecule is CCOC(=O)c1sc(CC)nc1Nc1cc(Cl)ncc1C(=O)NC[C@@H](F)C(C)(C)O. The van der Waals surface area contributed by atoms with Crippen molar-refractivity contribution in [3.63, 3.8) is 0 Å². The molecule has 0 spiro atoms. The Kier molecular flexibility index (Phi) is 8.10. The molecule has 2 aromatic heterocycles. The van der Waals surface area contributed by atoms with Crippen LogP contribution in [0.3, 0.4) is 0 Å². The second kappa shape index (κ2) is 10.1. The number of nitrogens with zero attached hydrogens (tertiary/aromatic N) is 2. The minimum atomic E-state index is -1.67. The Morgan fingerprint density at radius 1 is 1.40 bits per heavy atom. The number of aromatic nitrogens is 2. The summed E-state index contributed by atoms with van der Waals surface area (Å²) in [6.45, 7) is 6.03. The van der Waals surface area contributed by atoms with E-state index in [9.17, 15) is 19.1 Å². The van der Waals surface area contributed by atoms with Gasteiger partial charge in [-0.05, 0) is 33.3 Å². The molecule has 3 N–H and O–H groups in total.